The molecular formula is C12H23ClF2N2O2. The van der Waals surface area contributed by atoms with Gasteiger partial charge in [-0.1, -0.05) is 6.42 Å². The zero-order chi connectivity index (χ0) is 13.5. The number of halogens is 3. The Morgan fingerprint density at radius 2 is 2.16 bits per heavy atom. The zero-order valence-electron chi connectivity index (χ0n) is 11.2. The monoisotopic (exact) mass is 300 g/mol. The molecule has 0 aliphatic heterocycles. The summed E-state index contributed by atoms with van der Waals surface area (Å²) in [5, 5.41) is 0. The topological polar surface area (TPSA) is 55.6 Å². The first-order valence-electron chi connectivity index (χ1n) is 6.36. The molecule has 19 heavy (non-hydrogen) atoms. The SMILES string of the molecule is COCCN(CC(F)F)C(=O)[C@@H]1CCC[C@@H]1CN.Cl. The van der Waals surface area contributed by atoms with Crippen molar-refractivity contribution in [2.75, 3.05) is 33.4 Å². The predicted molar refractivity (Wildman–Crippen MR) is 71.6 cm³/mol. The molecule has 1 rings (SSSR count). The summed E-state index contributed by atoms with van der Waals surface area (Å²) in [5.41, 5.74) is 5.62. The van der Waals surface area contributed by atoms with Crippen LogP contribution in [-0.2, 0) is 9.53 Å². The van der Waals surface area contributed by atoms with Crippen molar-refractivity contribution in [3.8, 4) is 0 Å². The molecule has 0 bridgehead atoms. The van der Waals surface area contributed by atoms with Crippen LogP contribution in [0.4, 0.5) is 8.78 Å². The van der Waals surface area contributed by atoms with Crippen molar-refractivity contribution in [3.05, 3.63) is 0 Å². The van der Waals surface area contributed by atoms with Crippen molar-refractivity contribution in [3.63, 3.8) is 0 Å². The molecule has 114 valence electrons. The van der Waals surface area contributed by atoms with Crippen LogP contribution in [0.15, 0.2) is 0 Å². The fourth-order valence-electron chi connectivity index (χ4n) is 2.54. The van der Waals surface area contributed by atoms with Gasteiger partial charge in [0.25, 0.3) is 6.43 Å². The standard InChI is InChI=1S/C12H22F2N2O2.ClH/c1-18-6-5-16(8-11(13)14)12(17)10-4-2-3-9(10)7-15;/h9-11H,2-8,15H2,1H3;1H/t9-,10-;/m1./s1. The second-order valence-electron chi connectivity index (χ2n) is 4.70. The molecule has 7 heteroatoms. The third kappa shape index (κ3) is 5.58. The summed E-state index contributed by atoms with van der Waals surface area (Å²) in [6.45, 7) is 0.422. The van der Waals surface area contributed by atoms with E-state index < -0.39 is 13.0 Å². The summed E-state index contributed by atoms with van der Waals surface area (Å²) < 4.78 is 29.8. The number of rotatable bonds is 7. The molecule has 0 aromatic carbocycles. The lowest BCUT2D eigenvalue weighted by Gasteiger charge is -2.27. The molecule has 0 spiro atoms. The quantitative estimate of drug-likeness (QED) is 0.775. The average Bonchev–Trinajstić information content (AvgIpc) is 2.81. The van der Waals surface area contributed by atoms with Gasteiger partial charge in [0.2, 0.25) is 5.91 Å². The van der Waals surface area contributed by atoms with Crippen LogP contribution in [0.1, 0.15) is 19.3 Å². The van der Waals surface area contributed by atoms with Gasteiger partial charge in [-0.3, -0.25) is 4.79 Å². The summed E-state index contributed by atoms with van der Waals surface area (Å²) in [5.74, 6) is -0.244. The summed E-state index contributed by atoms with van der Waals surface area (Å²) in [6, 6.07) is 0. The van der Waals surface area contributed by atoms with Gasteiger partial charge in [0.1, 0.15) is 0 Å². The number of ether oxygens (including phenoxy) is 1. The van der Waals surface area contributed by atoms with Crippen molar-refractivity contribution in [1.82, 2.24) is 4.90 Å². The summed E-state index contributed by atoms with van der Waals surface area (Å²) in [4.78, 5) is 13.5. The normalized spacial score (nSPS) is 22.4. The molecule has 2 N–H and O–H groups in total. The Balaban J connectivity index is 0.00000324. The third-order valence-electron chi connectivity index (χ3n) is 3.51. The Morgan fingerprint density at radius 3 is 2.68 bits per heavy atom. The second-order valence-corrected chi connectivity index (χ2v) is 4.70. The van der Waals surface area contributed by atoms with E-state index in [4.69, 9.17) is 10.5 Å². The first kappa shape index (κ1) is 18.5. The van der Waals surface area contributed by atoms with Crippen molar-refractivity contribution >= 4 is 18.3 Å². The van der Waals surface area contributed by atoms with Gasteiger partial charge in [0, 0.05) is 19.6 Å². The van der Waals surface area contributed by atoms with E-state index in [1.54, 1.807) is 0 Å². The van der Waals surface area contributed by atoms with Crippen LogP contribution in [0.3, 0.4) is 0 Å². The van der Waals surface area contributed by atoms with Crippen LogP contribution in [0.5, 0.6) is 0 Å². The predicted octanol–water partition coefficient (Wildman–Crippen LogP) is 1.52. The van der Waals surface area contributed by atoms with Crippen LogP contribution >= 0.6 is 12.4 Å². The lowest BCUT2D eigenvalue weighted by Crippen LogP contribution is -2.43. The molecule has 1 amide bonds. The smallest absolute Gasteiger partial charge is 0.255 e. The number of amides is 1. The van der Waals surface area contributed by atoms with Gasteiger partial charge in [-0.05, 0) is 25.3 Å². The second kappa shape index (κ2) is 9.44. The number of nitrogens with zero attached hydrogens (tertiary/aromatic N) is 1. The molecule has 0 radical (unpaired) electrons. The number of carbonyl (C=O) groups excluding carboxylic acids is 1. The fraction of sp³-hybridized carbons (Fsp3) is 0.917. The summed E-state index contributed by atoms with van der Waals surface area (Å²) >= 11 is 0. The van der Waals surface area contributed by atoms with E-state index in [1.165, 1.54) is 12.0 Å². The lowest BCUT2D eigenvalue weighted by atomic mass is 9.94. The van der Waals surface area contributed by atoms with E-state index in [0.29, 0.717) is 6.54 Å². The number of nitrogens with two attached hydrogens (primary N) is 1. The fourth-order valence-corrected chi connectivity index (χ4v) is 2.54. The van der Waals surface area contributed by atoms with Gasteiger partial charge in [-0.2, -0.15) is 0 Å². The van der Waals surface area contributed by atoms with Gasteiger partial charge in [-0.15, -0.1) is 12.4 Å². The average molecular weight is 301 g/mol. The number of hydrogen-bond acceptors (Lipinski definition) is 3. The number of methoxy groups -OCH3 is 1. The van der Waals surface area contributed by atoms with E-state index in [0.717, 1.165) is 19.3 Å². The highest BCUT2D eigenvalue weighted by Crippen LogP contribution is 2.32. The first-order chi connectivity index (χ1) is 8.60. The molecule has 0 aromatic rings. The van der Waals surface area contributed by atoms with Crippen molar-refractivity contribution < 1.29 is 18.3 Å². The highest BCUT2D eigenvalue weighted by atomic mass is 35.5. The minimum absolute atomic E-state index is 0. The molecular weight excluding hydrogens is 278 g/mol. The van der Waals surface area contributed by atoms with Crippen LogP contribution < -0.4 is 5.73 Å². The largest absolute Gasteiger partial charge is 0.383 e. The Bertz CT molecular complexity index is 270. The number of alkyl halides is 2. The maximum Gasteiger partial charge on any atom is 0.255 e. The molecule has 1 aliphatic rings. The highest BCUT2D eigenvalue weighted by Gasteiger charge is 2.35. The Kier molecular flexibility index (Phi) is 9.22. The minimum Gasteiger partial charge on any atom is -0.383 e. The van der Waals surface area contributed by atoms with Gasteiger partial charge in [0.05, 0.1) is 13.2 Å². The molecule has 4 nitrogen and oxygen atoms in total. The van der Waals surface area contributed by atoms with Gasteiger partial charge >= 0.3 is 0 Å². The highest BCUT2D eigenvalue weighted by molar-refractivity contribution is 5.85. The lowest BCUT2D eigenvalue weighted by molar-refractivity contribution is -0.139. The van der Waals surface area contributed by atoms with Crippen molar-refractivity contribution in [1.29, 1.82) is 0 Å². The van der Waals surface area contributed by atoms with Gasteiger partial charge < -0.3 is 15.4 Å². The van der Waals surface area contributed by atoms with Crippen LogP contribution in [0, 0.1) is 11.8 Å². The summed E-state index contributed by atoms with van der Waals surface area (Å²) in [7, 11) is 1.49. The maximum absolute atomic E-state index is 12.5. The molecule has 0 unspecified atom stereocenters. The van der Waals surface area contributed by atoms with E-state index in [-0.39, 0.29) is 43.3 Å². The van der Waals surface area contributed by atoms with Crippen LogP contribution in [0.2, 0.25) is 0 Å². The Morgan fingerprint density at radius 1 is 1.47 bits per heavy atom. The number of hydrogen-bond donors (Lipinski definition) is 1. The number of carbonyl (C=O) groups is 1. The van der Waals surface area contributed by atoms with E-state index >= 15 is 0 Å². The first-order valence-corrected chi connectivity index (χ1v) is 6.36. The Labute approximate surface area is 119 Å². The summed E-state index contributed by atoms with van der Waals surface area (Å²) in [6.07, 6.45) is 0.113. The zero-order valence-corrected chi connectivity index (χ0v) is 12.0. The van der Waals surface area contributed by atoms with E-state index in [9.17, 15) is 13.6 Å². The van der Waals surface area contributed by atoms with Crippen LogP contribution in [-0.4, -0.2) is 50.6 Å². The minimum atomic E-state index is -2.51. The van der Waals surface area contributed by atoms with Crippen LogP contribution in [0.25, 0.3) is 0 Å². The van der Waals surface area contributed by atoms with E-state index in [1.807, 2.05) is 0 Å². The molecule has 1 aliphatic carbocycles. The molecule has 1 fully saturated rings. The maximum atomic E-state index is 12.5. The van der Waals surface area contributed by atoms with E-state index in [2.05, 4.69) is 0 Å². The third-order valence-corrected chi connectivity index (χ3v) is 3.51. The molecule has 0 heterocycles. The van der Waals surface area contributed by atoms with Gasteiger partial charge in [0.15, 0.2) is 0 Å². The van der Waals surface area contributed by atoms with Gasteiger partial charge in [-0.25, -0.2) is 8.78 Å². The molecule has 0 aromatic heterocycles. The Hall–Kier alpha value is -0.460. The molecule has 2 atom stereocenters. The van der Waals surface area contributed by atoms with Crippen molar-refractivity contribution in [2.24, 2.45) is 17.6 Å². The molecule has 0 saturated heterocycles. The van der Waals surface area contributed by atoms with Crippen molar-refractivity contribution in [2.45, 2.75) is 25.7 Å². The molecule has 1 saturated carbocycles.